The van der Waals surface area contributed by atoms with Crippen molar-refractivity contribution in [3.63, 3.8) is 0 Å². The monoisotopic (exact) mass is 539 g/mol. The Morgan fingerprint density at radius 2 is 1.82 bits per heavy atom. The van der Waals surface area contributed by atoms with Gasteiger partial charge in [-0.15, -0.1) is 0 Å². The number of carbonyl (C=O) groups excluding carboxylic acids is 1. The average molecular weight is 540 g/mol. The molecule has 1 fully saturated rings. The van der Waals surface area contributed by atoms with Crippen molar-refractivity contribution in [2.75, 3.05) is 18.0 Å². The summed E-state index contributed by atoms with van der Waals surface area (Å²) in [5.74, 6) is 0.575. The van der Waals surface area contributed by atoms with E-state index in [1.165, 1.54) is 0 Å². The van der Waals surface area contributed by atoms with Crippen LogP contribution in [0.4, 0.5) is 5.69 Å². The van der Waals surface area contributed by atoms with Gasteiger partial charge in [0.1, 0.15) is 36.0 Å². The number of aromatic amines is 1. The summed E-state index contributed by atoms with van der Waals surface area (Å²) in [6.07, 6.45) is 2.44. The molecule has 1 saturated heterocycles. The molecule has 2 N–H and O–H groups in total. The fourth-order valence-electron chi connectivity index (χ4n) is 4.82. The number of hydrogen-bond acceptors (Lipinski definition) is 6. The number of anilines is 1. The van der Waals surface area contributed by atoms with Crippen LogP contribution in [0.15, 0.2) is 77.6 Å². The lowest BCUT2D eigenvalue weighted by Gasteiger charge is -2.32. The van der Waals surface area contributed by atoms with Crippen LogP contribution in [0.3, 0.4) is 0 Å². The molecule has 0 spiro atoms. The van der Waals surface area contributed by atoms with Gasteiger partial charge in [0.2, 0.25) is 0 Å². The summed E-state index contributed by atoms with van der Waals surface area (Å²) < 4.78 is 5.94. The first kappa shape index (κ1) is 26.1. The Hall–Kier alpha value is -4.54. The number of aromatic nitrogens is 1. The number of phenols is 1. The molecule has 39 heavy (non-hydrogen) atoms. The Kier molecular flexibility index (Phi) is 7.67. The van der Waals surface area contributed by atoms with E-state index < -0.39 is 5.56 Å². The second-order valence-electron chi connectivity index (χ2n) is 9.50. The SMILES string of the molecule is N#Cc1c(-c2cccc(OCc3ccccc3)c2)cc(-c2cc(Cl)c(N3CCC(C=O)CC3)cc2O)[nH]c1=O. The lowest BCUT2D eigenvalue weighted by atomic mass is 9.97. The zero-order valence-corrected chi connectivity index (χ0v) is 21.8. The van der Waals surface area contributed by atoms with E-state index in [0.717, 1.165) is 24.7 Å². The summed E-state index contributed by atoms with van der Waals surface area (Å²) in [7, 11) is 0. The molecule has 0 atom stereocenters. The van der Waals surface area contributed by atoms with Crippen molar-refractivity contribution in [1.29, 1.82) is 5.26 Å². The van der Waals surface area contributed by atoms with Crippen molar-refractivity contribution in [3.05, 3.63) is 99.3 Å². The maximum Gasteiger partial charge on any atom is 0.266 e. The molecule has 2 heterocycles. The highest BCUT2D eigenvalue weighted by Crippen LogP contribution is 2.40. The van der Waals surface area contributed by atoms with Gasteiger partial charge in [0, 0.05) is 36.2 Å². The largest absolute Gasteiger partial charge is 0.507 e. The van der Waals surface area contributed by atoms with Crippen molar-refractivity contribution in [3.8, 4) is 40.0 Å². The number of pyridine rings is 1. The molecule has 4 aromatic rings. The number of nitrogens with one attached hydrogen (secondary N) is 1. The summed E-state index contributed by atoms with van der Waals surface area (Å²) >= 11 is 6.63. The molecule has 0 saturated carbocycles. The van der Waals surface area contributed by atoms with Crippen LogP contribution in [0, 0.1) is 17.2 Å². The normalized spacial score (nSPS) is 13.6. The van der Waals surface area contributed by atoms with E-state index in [4.69, 9.17) is 16.3 Å². The molecular weight excluding hydrogens is 514 g/mol. The first-order valence-corrected chi connectivity index (χ1v) is 13.0. The van der Waals surface area contributed by atoms with E-state index >= 15 is 0 Å². The summed E-state index contributed by atoms with van der Waals surface area (Å²) in [4.78, 5) is 28.8. The predicted molar refractivity (Wildman–Crippen MR) is 151 cm³/mol. The number of halogens is 1. The molecule has 5 rings (SSSR count). The smallest absolute Gasteiger partial charge is 0.266 e. The third-order valence-electron chi connectivity index (χ3n) is 6.97. The Bertz CT molecular complexity index is 1600. The number of carbonyl (C=O) groups is 1. The average Bonchev–Trinajstić information content (AvgIpc) is 2.97. The van der Waals surface area contributed by atoms with Crippen LogP contribution >= 0.6 is 11.6 Å². The number of nitriles is 1. The van der Waals surface area contributed by atoms with Crippen LogP contribution in [0.25, 0.3) is 22.4 Å². The summed E-state index contributed by atoms with van der Waals surface area (Å²) in [5, 5.41) is 21.1. The predicted octanol–water partition coefficient (Wildman–Crippen LogP) is 5.93. The van der Waals surface area contributed by atoms with E-state index in [1.54, 1.807) is 36.4 Å². The molecule has 0 bridgehead atoms. The van der Waals surface area contributed by atoms with E-state index in [0.29, 0.717) is 58.5 Å². The van der Waals surface area contributed by atoms with Gasteiger partial charge in [0.05, 0.1) is 16.4 Å². The lowest BCUT2D eigenvalue weighted by Crippen LogP contribution is -2.34. The molecule has 0 unspecified atom stereocenters. The molecule has 0 amide bonds. The van der Waals surface area contributed by atoms with Gasteiger partial charge in [-0.3, -0.25) is 4.79 Å². The minimum absolute atomic E-state index is 0.0391. The van der Waals surface area contributed by atoms with Crippen molar-refractivity contribution in [2.24, 2.45) is 5.92 Å². The van der Waals surface area contributed by atoms with Crippen LogP contribution in [0.2, 0.25) is 5.02 Å². The van der Waals surface area contributed by atoms with E-state index in [1.807, 2.05) is 47.4 Å². The van der Waals surface area contributed by atoms with Crippen molar-refractivity contribution in [2.45, 2.75) is 19.4 Å². The number of rotatable bonds is 7. The van der Waals surface area contributed by atoms with Gasteiger partial charge in [-0.25, -0.2) is 0 Å². The zero-order valence-electron chi connectivity index (χ0n) is 21.1. The lowest BCUT2D eigenvalue weighted by molar-refractivity contribution is -0.111. The van der Waals surface area contributed by atoms with Gasteiger partial charge < -0.3 is 24.5 Å². The highest BCUT2D eigenvalue weighted by atomic mass is 35.5. The van der Waals surface area contributed by atoms with Crippen molar-refractivity contribution in [1.82, 2.24) is 4.98 Å². The number of benzene rings is 3. The molecule has 0 radical (unpaired) electrons. The topological polar surface area (TPSA) is 106 Å². The van der Waals surface area contributed by atoms with Gasteiger partial charge in [-0.2, -0.15) is 5.26 Å². The number of H-pyrrole nitrogens is 1. The molecule has 1 aromatic heterocycles. The van der Waals surface area contributed by atoms with Gasteiger partial charge >= 0.3 is 0 Å². The molecule has 3 aromatic carbocycles. The number of hydrogen-bond donors (Lipinski definition) is 2. The van der Waals surface area contributed by atoms with E-state index in [2.05, 4.69) is 4.98 Å². The summed E-state index contributed by atoms with van der Waals surface area (Å²) in [5.41, 5.74) is 2.78. The maximum absolute atomic E-state index is 12.9. The highest BCUT2D eigenvalue weighted by Gasteiger charge is 2.23. The van der Waals surface area contributed by atoms with Gasteiger partial charge in [0.15, 0.2) is 0 Å². The molecular formula is C31H26ClN3O4. The number of aromatic hydroxyl groups is 1. The maximum atomic E-state index is 12.9. The highest BCUT2D eigenvalue weighted by molar-refractivity contribution is 6.33. The van der Waals surface area contributed by atoms with E-state index in [-0.39, 0.29) is 17.2 Å². The Morgan fingerprint density at radius 1 is 1.05 bits per heavy atom. The van der Waals surface area contributed by atoms with Crippen molar-refractivity contribution < 1.29 is 14.6 Å². The van der Waals surface area contributed by atoms with Crippen LogP contribution < -0.4 is 15.2 Å². The fraction of sp³-hybridized carbons (Fsp3) is 0.194. The summed E-state index contributed by atoms with van der Waals surface area (Å²) in [6, 6.07) is 23.8. The van der Waals surface area contributed by atoms with Crippen LogP contribution in [0.1, 0.15) is 24.0 Å². The minimum Gasteiger partial charge on any atom is -0.507 e. The van der Waals surface area contributed by atoms with Crippen LogP contribution in [0.5, 0.6) is 11.5 Å². The van der Waals surface area contributed by atoms with Gasteiger partial charge in [-0.05, 0) is 48.2 Å². The number of ether oxygens (including phenoxy) is 1. The fourth-order valence-corrected chi connectivity index (χ4v) is 5.11. The molecule has 1 aliphatic heterocycles. The van der Waals surface area contributed by atoms with Gasteiger partial charge in [0.25, 0.3) is 5.56 Å². The molecule has 0 aliphatic carbocycles. The molecule has 196 valence electrons. The van der Waals surface area contributed by atoms with Crippen LogP contribution in [-0.2, 0) is 11.4 Å². The summed E-state index contributed by atoms with van der Waals surface area (Å²) in [6.45, 7) is 1.69. The standard InChI is InChI=1S/C31H26ClN3O4/c32-27-14-25(30(37)16-29(27)35-11-9-20(18-36)10-12-35)28-15-24(26(17-33)31(38)34-28)22-7-4-8-23(13-22)39-19-21-5-2-1-3-6-21/h1-8,13-16,18,20,37H,9-12,19H2,(H,34,38). The second kappa shape index (κ2) is 11.5. The number of phenolic OH excluding ortho intramolecular Hbond substituents is 1. The quantitative estimate of drug-likeness (QED) is 0.282. The Balaban J connectivity index is 1.48. The molecule has 1 aliphatic rings. The van der Waals surface area contributed by atoms with Crippen LogP contribution in [-0.4, -0.2) is 29.5 Å². The second-order valence-corrected chi connectivity index (χ2v) is 9.90. The van der Waals surface area contributed by atoms with Crippen molar-refractivity contribution >= 4 is 23.6 Å². The molecule has 7 nitrogen and oxygen atoms in total. The van der Waals surface area contributed by atoms with E-state index in [9.17, 15) is 20.0 Å². The third kappa shape index (κ3) is 5.66. The number of aldehydes is 1. The number of nitrogens with zero attached hydrogens (tertiary/aromatic N) is 2. The van der Waals surface area contributed by atoms with Gasteiger partial charge in [-0.1, -0.05) is 54.1 Å². The Labute approximate surface area is 230 Å². The molecule has 8 heteroatoms. The third-order valence-corrected chi connectivity index (χ3v) is 7.27. The Morgan fingerprint density at radius 3 is 2.54 bits per heavy atom. The first-order chi connectivity index (χ1) is 19.0. The number of piperidine rings is 1. The minimum atomic E-state index is -0.573. The first-order valence-electron chi connectivity index (χ1n) is 12.6. The zero-order chi connectivity index (χ0) is 27.4.